The summed E-state index contributed by atoms with van der Waals surface area (Å²) in [6.45, 7) is 4.91. The van der Waals surface area contributed by atoms with E-state index < -0.39 is 0 Å². The van der Waals surface area contributed by atoms with Gasteiger partial charge in [-0.15, -0.1) is 0 Å². The quantitative estimate of drug-likeness (QED) is 0.534. The lowest BCUT2D eigenvalue weighted by Crippen LogP contribution is -2.48. The Hall–Kier alpha value is -0.830. The van der Waals surface area contributed by atoms with E-state index in [9.17, 15) is 4.79 Å². The molecule has 0 aromatic heterocycles. The van der Waals surface area contributed by atoms with Gasteiger partial charge in [-0.25, -0.2) is 0 Å². The van der Waals surface area contributed by atoms with Crippen molar-refractivity contribution in [2.24, 2.45) is 0 Å². The van der Waals surface area contributed by atoms with Crippen LogP contribution in [-0.2, 0) is 9.53 Å². The molecule has 2 bridgehead atoms. The summed E-state index contributed by atoms with van der Waals surface area (Å²) in [7, 11) is 0. The van der Waals surface area contributed by atoms with Crippen LogP contribution < -0.4 is 0 Å². The molecule has 0 N–H and O–H groups in total. The summed E-state index contributed by atoms with van der Waals surface area (Å²) in [5.74, 6) is 0.0609. The number of ether oxygens (including phenoxy) is 1. The van der Waals surface area contributed by atoms with E-state index in [0.29, 0.717) is 25.3 Å². The van der Waals surface area contributed by atoms with E-state index in [1.807, 2.05) is 4.90 Å². The van der Waals surface area contributed by atoms with Crippen LogP contribution in [0.3, 0.4) is 0 Å². The van der Waals surface area contributed by atoms with Crippen LogP contribution >= 0.6 is 0 Å². The minimum absolute atomic E-state index is 0.0609. The molecule has 0 saturated carbocycles. The van der Waals surface area contributed by atoms with Crippen molar-refractivity contribution in [3.05, 3.63) is 12.7 Å². The third-order valence-corrected chi connectivity index (χ3v) is 2.67. The molecular weight excluding hydrogens is 154 g/mol. The van der Waals surface area contributed by atoms with E-state index in [1.54, 1.807) is 0 Å². The Balaban J connectivity index is 2.15. The lowest BCUT2D eigenvalue weighted by molar-refractivity contribution is -0.135. The van der Waals surface area contributed by atoms with Crippen molar-refractivity contribution in [2.45, 2.75) is 24.9 Å². The van der Waals surface area contributed by atoms with Crippen molar-refractivity contribution in [3.63, 3.8) is 0 Å². The molecule has 0 aromatic rings. The van der Waals surface area contributed by atoms with Gasteiger partial charge in [-0.1, -0.05) is 6.58 Å². The highest BCUT2D eigenvalue weighted by Gasteiger charge is 2.39. The van der Waals surface area contributed by atoms with Crippen LogP contribution in [-0.4, -0.2) is 36.1 Å². The number of rotatable bonds is 1. The molecule has 2 aliphatic heterocycles. The number of hydrogen-bond donors (Lipinski definition) is 0. The molecule has 66 valence electrons. The number of nitrogens with zero attached hydrogens (tertiary/aromatic N) is 1. The smallest absolute Gasteiger partial charge is 0.246 e. The molecule has 0 radical (unpaired) electrons. The second kappa shape index (κ2) is 2.90. The molecule has 2 atom stereocenters. The van der Waals surface area contributed by atoms with Crippen LogP contribution in [0, 0.1) is 0 Å². The normalized spacial score (nSPS) is 33.5. The van der Waals surface area contributed by atoms with E-state index in [0.717, 1.165) is 12.8 Å². The van der Waals surface area contributed by atoms with Crippen molar-refractivity contribution in [3.8, 4) is 0 Å². The van der Waals surface area contributed by atoms with Crippen LogP contribution in [0.5, 0.6) is 0 Å². The maximum absolute atomic E-state index is 11.4. The van der Waals surface area contributed by atoms with E-state index >= 15 is 0 Å². The molecule has 2 saturated heterocycles. The number of fused-ring (bicyclic) bond motifs is 2. The molecule has 0 aliphatic carbocycles. The Morgan fingerprint density at radius 3 is 2.50 bits per heavy atom. The van der Waals surface area contributed by atoms with Crippen molar-refractivity contribution in [2.75, 3.05) is 13.2 Å². The largest absolute Gasteiger partial charge is 0.377 e. The average Bonchev–Trinajstić information content (AvgIpc) is 2.35. The minimum atomic E-state index is 0.0609. The van der Waals surface area contributed by atoms with Crippen LogP contribution in [0.4, 0.5) is 0 Å². The van der Waals surface area contributed by atoms with Gasteiger partial charge < -0.3 is 9.64 Å². The highest BCUT2D eigenvalue weighted by atomic mass is 16.5. The molecule has 2 unspecified atom stereocenters. The fourth-order valence-corrected chi connectivity index (χ4v) is 2.09. The second-order valence-corrected chi connectivity index (χ2v) is 3.37. The summed E-state index contributed by atoms with van der Waals surface area (Å²) in [6, 6.07) is 0.628. The summed E-state index contributed by atoms with van der Waals surface area (Å²) in [6.07, 6.45) is 3.57. The maximum Gasteiger partial charge on any atom is 0.246 e. The highest BCUT2D eigenvalue weighted by Crippen LogP contribution is 2.28. The monoisotopic (exact) mass is 167 g/mol. The zero-order valence-electron chi connectivity index (χ0n) is 7.03. The standard InChI is InChI=1S/C9H13NO2/c1-2-9(11)10-7-3-4-8(10)6-12-5-7/h2,7-8H,1,3-6H2. The van der Waals surface area contributed by atoms with Gasteiger partial charge in [0.15, 0.2) is 0 Å². The topological polar surface area (TPSA) is 29.5 Å². The third-order valence-electron chi connectivity index (χ3n) is 2.67. The first-order valence-electron chi connectivity index (χ1n) is 4.35. The molecular formula is C9H13NO2. The highest BCUT2D eigenvalue weighted by molar-refractivity contribution is 5.87. The van der Waals surface area contributed by atoms with Crippen molar-refractivity contribution >= 4 is 5.91 Å². The molecule has 2 heterocycles. The molecule has 2 aliphatic rings. The fraction of sp³-hybridized carbons (Fsp3) is 0.667. The Morgan fingerprint density at radius 2 is 2.00 bits per heavy atom. The Bertz CT molecular complexity index is 199. The third kappa shape index (κ3) is 1.05. The van der Waals surface area contributed by atoms with E-state index in [-0.39, 0.29) is 5.91 Å². The SMILES string of the molecule is C=CC(=O)N1C2CCC1COC2. The number of hydrogen-bond acceptors (Lipinski definition) is 2. The fourth-order valence-electron chi connectivity index (χ4n) is 2.09. The zero-order valence-corrected chi connectivity index (χ0v) is 7.03. The summed E-state index contributed by atoms with van der Waals surface area (Å²) in [4.78, 5) is 13.3. The first-order valence-corrected chi connectivity index (χ1v) is 4.35. The van der Waals surface area contributed by atoms with Crippen molar-refractivity contribution in [1.82, 2.24) is 4.90 Å². The predicted octanol–water partition coefficient (Wildman–Crippen LogP) is 0.562. The maximum atomic E-state index is 11.4. The van der Waals surface area contributed by atoms with Crippen LogP contribution in [0.1, 0.15) is 12.8 Å². The van der Waals surface area contributed by atoms with Crippen molar-refractivity contribution in [1.29, 1.82) is 0 Å². The van der Waals surface area contributed by atoms with Gasteiger partial charge in [0.05, 0.1) is 25.3 Å². The summed E-state index contributed by atoms with van der Waals surface area (Å²) < 4.78 is 5.35. The number of amides is 1. The lowest BCUT2D eigenvalue weighted by Gasteiger charge is -2.33. The van der Waals surface area contributed by atoms with Gasteiger partial charge >= 0.3 is 0 Å². The number of carbonyl (C=O) groups is 1. The minimum Gasteiger partial charge on any atom is -0.377 e. The molecule has 0 spiro atoms. The summed E-state index contributed by atoms with van der Waals surface area (Å²) >= 11 is 0. The van der Waals surface area contributed by atoms with Gasteiger partial charge in [0.1, 0.15) is 0 Å². The van der Waals surface area contributed by atoms with Crippen LogP contribution in [0.2, 0.25) is 0 Å². The Kier molecular flexibility index (Phi) is 1.89. The van der Waals surface area contributed by atoms with Crippen LogP contribution in [0.15, 0.2) is 12.7 Å². The number of morpholine rings is 1. The number of carbonyl (C=O) groups excluding carboxylic acids is 1. The van der Waals surface area contributed by atoms with Crippen LogP contribution in [0.25, 0.3) is 0 Å². The first kappa shape index (κ1) is 7.80. The first-order chi connectivity index (χ1) is 5.83. The second-order valence-electron chi connectivity index (χ2n) is 3.37. The van der Waals surface area contributed by atoms with Gasteiger partial charge in [0.2, 0.25) is 5.91 Å². The van der Waals surface area contributed by atoms with Gasteiger partial charge in [-0.2, -0.15) is 0 Å². The molecule has 2 rings (SSSR count). The van der Waals surface area contributed by atoms with Gasteiger partial charge in [0.25, 0.3) is 0 Å². The summed E-state index contributed by atoms with van der Waals surface area (Å²) in [5.41, 5.74) is 0. The predicted molar refractivity (Wildman–Crippen MR) is 44.7 cm³/mol. The van der Waals surface area contributed by atoms with E-state index in [1.165, 1.54) is 6.08 Å². The molecule has 2 fully saturated rings. The van der Waals surface area contributed by atoms with E-state index in [4.69, 9.17) is 4.74 Å². The van der Waals surface area contributed by atoms with E-state index in [2.05, 4.69) is 6.58 Å². The lowest BCUT2D eigenvalue weighted by atomic mass is 10.2. The Morgan fingerprint density at radius 1 is 1.42 bits per heavy atom. The molecule has 12 heavy (non-hydrogen) atoms. The molecule has 0 aromatic carbocycles. The van der Waals surface area contributed by atoms with Crippen molar-refractivity contribution < 1.29 is 9.53 Å². The average molecular weight is 167 g/mol. The van der Waals surface area contributed by atoms with Gasteiger partial charge in [-0.3, -0.25) is 4.79 Å². The zero-order chi connectivity index (χ0) is 8.55. The summed E-state index contributed by atoms with van der Waals surface area (Å²) in [5, 5.41) is 0. The van der Waals surface area contributed by atoms with Gasteiger partial charge in [0, 0.05) is 0 Å². The molecule has 1 amide bonds. The molecule has 3 heteroatoms. The van der Waals surface area contributed by atoms with Gasteiger partial charge in [-0.05, 0) is 18.9 Å². The Labute approximate surface area is 72.0 Å². The molecule has 3 nitrogen and oxygen atoms in total.